The molecule has 1 aromatic heterocycles. The molecule has 0 amide bonds. The number of hydrogen-bond acceptors (Lipinski definition) is 5. The third-order valence-corrected chi connectivity index (χ3v) is 4.60. The van der Waals surface area contributed by atoms with Crippen LogP contribution in [-0.4, -0.2) is 15.0 Å². The standard InChI is InChI=1S/C23H26ClN3O2/c1-22(2,3)15-7-11-17(12-8-15)28-20-25-19(24)26-21(27-20)29-18-13-9-16(10-14-18)23(4,5)6/h7-14H,1-6H3. The SMILES string of the molecule is CC(C)(C)c1ccc(Oc2nc(Cl)nc(Oc3ccc(C(C)(C)C)cc3)n2)cc1. The molecule has 0 radical (unpaired) electrons. The minimum absolute atomic E-state index is 0.00243. The van der Waals surface area contributed by atoms with E-state index in [-0.39, 0.29) is 28.1 Å². The van der Waals surface area contributed by atoms with E-state index in [2.05, 4.69) is 56.5 Å². The van der Waals surface area contributed by atoms with Crippen molar-refractivity contribution >= 4 is 11.6 Å². The van der Waals surface area contributed by atoms with Crippen LogP contribution < -0.4 is 9.47 Å². The van der Waals surface area contributed by atoms with E-state index in [9.17, 15) is 0 Å². The van der Waals surface area contributed by atoms with Gasteiger partial charge in [0.2, 0.25) is 5.28 Å². The summed E-state index contributed by atoms with van der Waals surface area (Å²) in [4.78, 5) is 12.3. The minimum Gasteiger partial charge on any atom is -0.424 e. The lowest BCUT2D eigenvalue weighted by molar-refractivity contribution is 0.397. The predicted octanol–water partition coefficient (Wildman–Crippen LogP) is 6.70. The molecule has 0 atom stereocenters. The van der Waals surface area contributed by atoms with Crippen molar-refractivity contribution in [3.05, 3.63) is 64.9 Å². The number of nitrogens with zero attached hydrogens (tertiary/aromatic N) is 3. The van der Waals surface area contributed by atoms with Gasteiger partial charge in [-0.2, -0.15) is 9.97 Å². The predicted molar refractivity (Wildman–Crippen MR) is 115 cm³/mol. The first-order valence-electron chi connectivity index (χ1n) is 9.49. The van der Waals surface area contributed by atoms with E-state index in [1.165, 1.54) is 11.1 Å². The first kappa shape index (κ1) is 21.1. The van der Waals surface area contributed by atoms with Crippen molar-refractivity contribution in [2.75, 3.05) is 0 Å². The highest BCUT2D eigenvalue weighted by Crippen LogP contribution is 2.28. The summed E-state index contributed by atoms with van der Waals surface area (Å²) in [6.07, 6.45) is 0. The van der Waals surface area contributed by atoms with Gasteiger partial charge in [0.05, 0.1) is 0 Å². The Morgan fingerprint density at radius 1 is 0.586 bits per heavy atom. The molecule has 0 spiro atoms. The van der Waals surface area contributed by atoms with E-state index in [0.717, 1.165) is 0 Å². The first-order chi connectivity index (χ1) is 13.5. The van der Waals surface area contributed by atoms with Gasteiger partial charge in [0.15, 0.2) is 0 Å². The van der Waals surface area contributed by atoms with Crippen molar-refractivity contribution < 1.29 is 9.47 Å². The highest BCUT2D eigenvalue weighted by atomic mass is 35.5. The lowest BCUT2D eigenvalue weighted by Crippen LogP contribution is -2.10. The van der Waals surface area contributed by atoms with Crippen LogP contribution in [0.5, 0.6) is 23.5 Å². The van der Waals surface area contributed by atoms with Crippen molar-refractivity contribution in [3.8, 4) is 23.5 Å². The monoisotopic (exact) mass is 411 g/mol. The van der Waals surface area contributed by atoms with E-state index in [1.54, 1.807) is 0 Å². The molecule has 152 valence electrons. The Kier molecular flexibility index (Phi) is 5.80. The van der Waals surface area contributed by atoms with E-state index >= 15 is 0 Å². The average Bonchev–Trinajstić information content (AvgIpc) is 2.60. The molecule has 3 rings (SSSR count). The summed E-state index contributed by atoms with van der Waals surface area (Å²) in [7, 11) is 0. The Morgan fingerprint density at radius 2 is 0.931 bits per heavy atom. The third-order valence-electron chi connectivity index (χ3n) is 4.43. The molecule has 0 saturated carbocycles. The number of hydrogen-bond donors (Lipinski definition) is 0. The molecular weight excluding hydrogens is 386 g/mol. The molecule has 0 unspecified atom stereocenters. The van der Waals surface area contributed by atoms with Gasteiger partial charge in [0, 0.05) is 0 Å². The Labute approximate surface area is 177 Å². The van der Waals surface area contributed by atoms with Gasteiger partial charge in [-0.1, -0.05) is 65.8 Å². The quantitative estimate of drug-likeness (QED) is 0.477. The molecular formula is C23H26ClN3O2. The lowest BCUT2D eigenvalue weighted by Gasteiger charge is -2.19. The Balaban J connectivity index is 1.76. The fourth-order valence-electron chi connectivity index (χ4n) is 2.66. The van der Waals surface area contributed by atoms with Gasteiger partial charge in [0.25, 0.3) is 0 Å². The second-order valence-electron chi connectivity index (χ2n) is 8.92. The van der Waals surface area contributed by atoms with Crippen LogP contribution in [-0.2, 0) is 10.8 Å². The zero-order valence-corrected chi connectivity index (χ0v) is 18.4. The lowest BCUT2D eigenvalue weighted by atomic mass is 9.87. The van der Waals surface area contributed by atoms with Gasteiger partial charge in [0.1, 0.15) is 11.5 Å². The van der Waals surface area contributed by atoms with Gasteiger partial charge < -0.3 is 9.47 Å². The zero-order chi connectivity index (χ0) is 21.2. The summed E-state index contributed by atoms with van der Waals surface area (Å²) in [5, 5.41) is 0.00243. The summed E-state index contributed by atoms with van der Waals surface area (Å²) in [6, 6.07) is 15.8. The Hall–Kier alpha value is -2.66. The second-order valence-corrected chi connectivity index (χ2v) is 9.26. The molecule has 29 heavy (non-hydrogen) atoms. The number of rotatable bonds is 4. The van der Waals surface area contributed by atoms with Crippen LogP contribution in [0.1, 0.15) is 52.7 Å². The summed E-state index contributed by atoms with van der Waals surface area (Å²) in [5.41, 5.74) is 2.56. The third kappa shape index (κ3) is 5.67. The van der Waals surface area contributed by atoms with E-state index < -0.39 is 0 Å². The molecule has 1 heterocycles. The molecule has 0 aliphatic rings. The Morgan fingerprint density at radius 3 is 1.24 bits per heavy atom. The number of aromatic nitrogens is 3. The van der Waals surface area contributed by atoms with Crippen LogP contribution in [0, 0.1) is 0 Å². The summed E-state index contributed by atoms with van der Waals surface area (Å²) >= 11 is 6.03. The summed E-state index contributed by atoms with van der Waals surface area (Å²) < 4.78 is 11.5. The van der Waals surface area contributed by atoms with Gasteiger partial charge in [-0.15, -0.1) is 4.98 Å². The summed E-state index contributed by atoms with van der Waals surface area (Å²) in [5.74, 6) is 1.22. The number of benzene rings is 2. The fraction of sp³-hybridized carbons (Fsp3) is 0.348. The maximum absolute atomic E-state index is 6.03. The fourth-order valence-corrected chi connectivity index (χ4v) is 2.81. The highest BCUT2D eigenvalue weighted by Gasteiger charge is 2.15. The maximum Gasteiger partial charge on any atom is 0.329 e. The number of ether oxygens (including phenoxy) is 2. The van der Waals surface area contributed by atoms with Crippen molar-refractivity contribution in [1.82, 2.24) is 15.0 Å². The van der Waals surface area contributed by atoms with E-state index in [0.29, 0.717) is 11.5 Å². The van der Waals surface area contributed by atoms with Crippen LogP contribution >= 0.6 is 11.6 Å². The topological polar surface area (TPSA) is 57.1 Å². The molecule has 0 N–H and O–H groups in total. The van der Waals surface area contributed by atoms with Crippen molar-refractivity contribution in [3.63, 3.8) is 0 Å². The normalized spacial score (nSPS) is 12.0. The van der Waals surface area contributed by atoms with Gasteiger partial charge in [-0.25, -0.2) is 0 Å². The molecule has 6 heteroatoms. The van der Waals surface area contributed by atoms with Crippen LogP contribution in [0.4, 0.5) is 0 Å². The van der Waals surface area contributed by atoms with Crippen LogP contribution in [0.15, 0.2) is 48.5 Å². The zero-order valence-electron chi connectivity index (χ0n) is 17.7. The minimum atomic E-state index is 0.00243. The molecule has 0 fully saturated rings. The first-order valence-corrected chi connectivity index (χ1v) is 9.87. The van der Waals surface area contributed by atoms with E-state index in [4.69, 9.17) is 21.1 Å². The van der Waals surface area contributed by atoms with Crippen LogP contribution in [0.25, 0.3) is 0 Å². The molecule has 0 aliphatic carbocycles. The highest BCUT2D eigenvalue weighted by molar-refractivity contribution is 6.28. The van der Waals surface area contributed by atoms with E-state index in [1.807, 2.05) is 48.5 Å². The van der Waals surface area contributed by atoms with Crippen molar-refractivity contribution in [1.29, 1.82) is 0 Å². The van der Waals surface area contributed by atoms with Gasteiger partial charge in [-0.3, -0.25) is 0 Å². The summed E-state index contributed by atoms with van der Waals surface area (Å²) in [6.45, 7) is 13.0. The molecule has 2 aromatic carbocycles. The number of halogens is 1. The van der Waals surface area contributed by atoms with Crippen molar-refractivity contribution in [2.45, 2.75) is 52.4 Å². The molecule has 0 bridgehead atoms. The van der Waals surface area contributed by atoms with Crippen molar-refractivity contribution in [2.24, 2.45) is 0 Å². The average molecular weight is 412 g/mol. The molecule has 0 saturated heterocycles. The Bertz CT molecular complexity index is 895. The van der Waals surface area contributed by atoms with Gasteiger partial charge >= 0.3 is 12.0 Å². The van der Waals surface area contributed by atoms with Crippen LogP contribution in [0.2, 0.25) is 5.28 Å². The molecule has 5 nitrogen and oxygen atoms in total. The maximum atomic E-state index is 6.03. The van der Waals surface area contributed by atoms with Crippen LogP contribution in [0.3, 0.4) is 0 Å². The van der Waals surface area contributed by atoms with Gasteiger partial charge in [-0.05, 0) is 57.8 Å². The smallest absolute Gasteiger partial charge is 0.329 e. The molecule has 0 aliphatic heterocycles. The molecule has 3 aromatic rings. The largest absolute Gasteiger partial charge is 0.424 e. The second kappa shape index (κ2) is 7.99.